The molecule has 1 aromatic carbocycles. The third-order valence-corrected chi connectivity index (χ3v) is 5.40. The number of aryl methyl sites for hydroxylation is 1. The average molecular weight is 357 g/mol. The molecular weight excluding hydrogens is 338 g/mol. The lowest BCUT2D eigenvalue weighted by Gasteiger charge is -2.17. The van der Waals surface area contributed by atoms with E-state index in [1.165, 1.54) is 0 Å². The van der Waals surface area contributed by atoms with Crippen LogP contribution in [0.25, 0.3) is 11.5 Å². The molecule has 1 saturated carbocycles. The van der Waals surface area contributed by atoms with Gasteiger partial charge in [-0.3, -0.25) is 0 Å². The van der Waals surface area contributed by atoms with E-state index >= 15 is 0 Å². The maximum absolute atomic E-state index is 6.38. The Morgan fingerprint density at radius 3 is 2.52 bits per heavy atom. The third kappa shape index (κ3) is 3.45. The predicted octanol–water partition coefficient (Wildman–Crippen LogP) is 3.45. The molecule has 1 aliphatic rings. The second kappa shape index (κ2) is 6.61. The molecule has 2 heterocycles. The Hall–Kier alpha value is -2.19. The first-order chi connectivity index (χ1) is 12.1. The summed E-state index contributed by atoms with van der Waals surface area (Å²) < 4.78 is 10.5. The molecule has 4 rings (SSSR count). The van der Waals surface area contributed by atoms with Crippen LogP contribution in [-0.4, -0.2) is 20.3 Å². The molecule has 0 aliphatic heterocycles. The van der Waals surface area contributed by atoms with Crippen LogP contribution in [0.2, 0.25) is 0 Å². The lowest BCUT2D eigenvalue weighted by Crippen LogP contribution is -2.34. The van der Waals surface area contributed by atoms with Crippen LogP contribution in [0.15, 0.2) is 38.2 Å². The van der Waals surface area contributed by atoms with Gasteiger partial charge < -0.3 is 14.8 Å². The van der Waals surface area contributed by atoms with Gasteiger partial charge in [-0.2, -0.15) is 9.97 Å². The van der Waals surface area contributed by atoms with Gasteiger partial charge in [0.05, 0.1) is 11.3 Å². The summed E-state index contributed by atoms with van der Waals surface area (Å²) in [6.07, 6.45) is 4.06. The van der Waals surface area contributed by atoms with Crippen molar-refractivity contribution in [1.29, 1.82) is 0 Å². The van der Waals surface area contributed by atoms with E-state index in [1.807, 2.05) is 31.2 Å². The molecule has 0 spiro atoms. The molecule has 130 valence electrons. The van der Waals surface area contributed by atoms with Crippen molar-refractivity contribution >= 4 is 11.8 Å². The third-order valence-electron chi connectivity index (χ3n) is 4.40. The Kier molecular flexibility index (Phi) is 4.30. The van der Waals surface area contributed by atoms with E-state index in [1.54, 1.807) is 11.8 Å². The topological polar surface area (TPSA) is 104 Å². The molecule has 2 N–H and O–H groups in total. The summed E-state index contributed by atoms with van der Waals surface area (Å²) in [6, 6.07) is 7.97. The zero-order valence-electron chi connectivity index (χ0n) is 13.9. The fourth-order valence-corrected chi connectivity index (χ4v) is 3.75. The van der Waals surface area contributed by atoms with Crippen LogP contribution in [0.4, 0.5) is 0 Å². The highest BCUT2D eigenvalue weighted by molar-refractivity contribution is 7.98. The van der Waals surface area contributed by atoms with Crippen molar-refractivity contribution in [2.45, 2.75) is 48.8 Å². The van der Waals surface area contributed by atoms with E-state index < -0.39 is 5.54 Å². The van der Waals surface area contributed by atoms with Gasteiger partial charge in [0.2, 0.25) is 5.89 Å². The molecule has 0 bridgehead atoms. The Bertz CT molecular complexity index is 852. The van der Waals surface area contributed by atoms with Gasteiger partial charge >= 0.3 is 0 Å². The van der Waals surface area contributed by atoms with Gasteiger partial charge in [-0.15, -0.1) is 11.8 Å². The largest absolute Gasteiger partial charge is 0.338 e. The van der Waals surface area contributed by atoms with Crippen molar-refractivity contribution in [2.24, 2.45) is 5.73 Å². The summed E-state index contributed by atoms with van der Waals surface area (Å²) in [7, 11) is 0. The first-order valence-corrected chi connectivity index (χ1v) is 9.26. The number of hydrogen-bond acceptors (Lipinski definition) is 8. The summed E-state index contributed by atoms with van der Waals surface area (Å²) in [5.74, 6) is 3.04. The highest BCUT2D eigenvalue weighted by Gasteiger charge is 2.36. The van der Waals surface area contributed by atoms with Gasteiger partial charge in [0, 0.05) is 10.5 Å². The van der Waals surface area contributed by atoms with E-state index in [2.05, 4.69) is 20.3 Å². The first-order valence-electron chi connectivity index (χ1n) is 8.28. The molecule has 3 aromatic rings. The van der Waals surface area contributed by atoms with Gasteiger partial charge in [0.25, 0.3) is 5.89 Å². The number of hydrogen-bond donors (Lipinski definition) is 1. The lowest BCUT2D eigenvalue weighted by molar-refractivity contribution is 0.372. The highest BCUT2D eigenvalue weighted by atomic mass is 32.2. The van der Waals surface area contributed by atoms with Crippen LogP contribution < -0.4 is 5.73 Å². The molecular formula is C17H19N5O2S. The molecule has 0 unspecified atom stereocenters. The van der Waals surface area contributed by atoms with Crippen molar-refractivity contribution in [2.75, 3.05) is 0 Å². The molecule has 0 amide bonds. The summed E-state index contributed by atoms with van der Waals surface area (Å²) in [4.78, 5) is 9.81. The van der Waals surface area contributed by atoms with E-state index in [9.17, 15) is 0 Å². The van der Waals surface area contributed by atoms with E-state index in [4.69, 9.17) is 14.8 Å². The van der Waals surface area contributed by atoms with Gasteiger partial charge in [-0.25, -0.2) is 0 Å². The van der Waals surface area contributed by atoms with E-state index in [0.717, 1.165) is 36.1 Å². The van der Waals surface area contributed by atoms with Crippen LogP contribution in [0, 0.1) is 6.92 Å². The van der Waals surface area contributed by atoms with Crippen LogP contribution in [0.1, 0.15) is 43.2 Å². The Labute approximate surface area is 149 Å². The van der Waals surface area contributed by atoms with Crippen molar-refractivity contribution < 1.29 is 9.05 Å². The van der Waals surface area contributed by atoms with Crippen LogP contribution in [0.3, 0.4) is 0 Å². The molecule has 1 fully saturated rings. The van der Waals surface area contributed by atoms with Crippen molar-refractivity contribution in [1.82, 2.24) is 20.3 Å². The van der Waals surface area contributed by atoms with Crippen molar-refractivity contribution in [3.63, 3.8) is 0 Å². The highest BCUT2D eigenvalue weighted by Crippen LogP contribution is 2.35. The average Bonchev–Trinajstić information content (AvgIpc) is 3.35. The van der Waals surface area contributed by atoms with Gasteiger partial charge in [0.15, 0.2) is 11.6 Å². The summed E-state index contributed by atoms with van der Waals surface area (Å²) in [5, 5.41) is 7.89. The normalized spacial score (nSPS) is 16.4. The second-order valence-electron chi connectivity index (χ2n) is 6.33. The Morgan fingerprint density at radius 1 is 1.08 bits per heavy atom. The van der Waals surface area contributed by atoms with Crippen LogP contribution in [0.5, 0.6) is 0 Å². The zero-order chi connectivity index (χ0) is 17.3. The summed E-state index contributed by atoms with van der Waals surface area (Å²) >= 11 is 1.63. The number of rotatable bonds is 5. The van der Waals surface area contributed by atoms with Gasteiger partial charge in [-0.05, 0) is 44.0 Å². The molecule has 7 nitrogen and oxygen atoms in total. The number of aromatic nitrogens is 4. The minimum atomic E-state index is -0.431. The number of thioether (sulfide) groups is 1. The molecule has 8 heteroatoms. The van der Waals surface area contributed by atoms with Crippen molar-refractivity contribution in [3.05, 3.63) is 41.8 Å². The van der Waals surface area contributed by atoms with E-state index in [0.29, 0.717) is 29.2 Å². The monoisotopic (exact) mass is 357 g/mol. The summed E-state index contributed by atoms with van der Waals surface area (Å²) in [5.41, 5.74) is 6.84. The molecule has 0 atom stereocenters. The number of benzene rings is 1. The zero-order valence-corrected chi connectivity index (χ0v) is 14.8. The fourth-order valence-electron chi connectivity index (χ4n) is 3.01. The second-order valence-corrected chi connectivity index (χ2v) is 7.38. The minimum Gasteiger partial charge on any atom is -0.338 e. The molecule has 0 radical (unpaired) electrons. The first kappa shape index (κ1) is 16.3. The van der Waals surface area contributed by atoms with E-state index in [-0.39, 0.29) is 0 Å². The molecule has 25 heavy (non-hydrogen) atoms. The minimum absolute atomic E-state index is 0.431. The summed E-state index contributed by atoms with van der Waals surface area (Å²) in [6.45, 7) is 1.81. The standard InChI is InChI=1S/C17H19N5O2S/c1-11-19-14(23-21-11)10-25-13-6-4-12(5-7-13)15-20-16(22-24-15)17(18)8-2-3-9-17/h4-7H,2-3,8-10,18H2,1H3. The SMILES string of the molecule is Cc1noc(CSc2ccc(-c3nc(C4(N)CCCC4)no3)cc2)n1. The maximum Gasteiger partial charge on any atom is 0.257 e. The van der Waals surface area contributed by atoms with Crippen LogP contribution >= 0.6 is 11.8 Å². The smallest absolute Gasteiger partial charge is 0.257 e. The quantitative estimate of drug-likeness (QED) is 0.692. The maximum atomic E-state index is 6.38. The van der Waals surface area contributed by atoms with Crippen molar-refractivity contribution in [3.8, 4) is 11.5 Å². The number of nitrogens with two attached hydrogens (primary N) is 1. The molecule has 1 aliphatic carbocycles. The van der Waals surface area contributed by atoms with Gasteiger partial charge in [0.1, 0.15) is 0 Å². The Balaban J connectivity index is 1.44. The fraction of sp³-hybridized carbons (Fsp3) is 0.412. The number of nitrogens with zero attached hydrogens (tertiary/aromatic N) is 4. The molecule has 0 saturated heterocycles. The lowest BCUT2D eigenvalue weighted by atomic mass is 9.99. The van der Waals surface area contributed by atoms with Crippen LogP contribution in [-0.2, 0) is 11.3 Å². The Morgan fingerprint density at radius 2 is 1.84 bits per heavy atom. The molecule has 2 aromatic heterocycles. The van der Waals surface area contributed by atoms with Gasteiger partial charge in [-0.1, -0.05) is 23.2 Å². The predicted molar refractivity (Wildman–Crippen MR) is 92.7 cm³/mol.